The van der Waals surface area contributed by atoms with Crippen LogP contribution in [0.25, 0.3) is 0 Å². The van der Waals surface area contributed by atoms with E-state index in [0.29, 0.717) is 0 Å². The zero-order chi connectivity index (χ0) is 8.41. The summed E-state index contributed by atoms with van der Waals surface area (Å²) >= 11 is -1.71. The molecule has 9 heteroatoms. The Kier molecular flexibility index (Phi) is 7.04. The second-order valence-electron chi connectivity index (χ2n) is 1.18. The molecule has 0 aliphatic carbocycles. The average Bonchev–Trinajstić information content (AvgIpc) is 1.61. The van der Waals surface area contributed by atoms with Crippen molar-refractivity contribution in [3.8, 4) is 0 Å². The van der Waals surface area contributed by atoms with Gasteiger partial charge in [-0.05, 0) is 0 Å². The fourth-order valence-electron chi connectivity index (χ4n) is 0.0986. The quantitative estimate of drug-likeness (QED) is 0.416. The van der Waals surface area contributed by atoms with Gasteiger partial charge in [0.15, 0.2) is 0 Å². The van der Waals surface area contributed by atoms with E-state index >= 15 is 0 Å². The van der Waals surface area contributed by atoms with Crippen LogP contribution in [0.4, 0.5) is 22.0 Å². The molecule has 0 bridgehead atoms. The summed E-state index contributed by atoms with van der Waals surface area (Å²) < 4.78 is 67.5. The van der Waals surface area contributed by atoms with Gasteiger partial charge in [0.25, 0.3) is 0 Å². The van der Waals surface area contributed by atoms with Crippen LogP contribution in [0.2, 0.25) is 0 Å². The predicted octanol–water partition coefficient (Wildman–Crippen LogP) is 0.370. The summed E-state index contributed by atoms with van der Waals surface area (Å²) in [4.78, 5) is 0. The molecule has 0 saturated heterocycles. The fraction of sp³-hybridized carbons (Fsp3) is 1.00. The standard InChI is InChI=1S/C2HF5O2S.K.H/c3-1(4,5)2(6,7)9-10-8;;/h10H;;. The first-order valence-electron chi connectivity index (χ1n) is 1.76. The van der Waals surface area contributed by atoms with Gasteiger partial charge in [0.2, 0.25) is 0 Å². The molecule has 0 aromatic carbocycles. The van der Waals surface area contributed by atoms with Crippen molar-refractivity contribution in [2.24, 2.45) is 0 Å². The van der Waals surface area contributed by atoms with Gasteiger partial charge < -0.3 is 0 Å². The predicted molar refractivity (Wildman–Crippen MR) is 28.8 cm³/mol. The third kappa shape index (κ3) is 4.85. The monoisotopic (exact) mass is 224 g/mol. The van der Waals surface area contributed by atoms with Crippen LogP contribution in [0.3, 0.4) is 0 Å². The summed E-state index contributed by atoms with van der Waals surface area (Å²) in [6, 6.07) is 0. The molecule has 0 fully saturated rings. The SMILES string of the molecule is O=[SH]OC(F)(F)C(F)(F)F.[KH]. The van der Waals surface area contributed by atoms with Crippen molar-refractivity contribution in [1.82, 2.24) is 0 Å². The number of thiol groups is 1. The summed E-state index contributed by atoms with van der Waals surface area (Å²) in [6.45, 7) is 0. The Hall–Kier alpha value is 1.40. The van der Waals surface area contributed by atoms with Gasteiger partial charge in [-0.15, -0.1) is 0 Å². The first-order chi connectivity index (χ1) is 4.31. The number of hydrogen-bond acceptors (Lipinski definition) is 2. The van der Waals surface area contributed by atoms with Gasteiger partial charge in [-0.3, -0.25) is 0 Å². The summed E-state index contributed by atoms with van der Waals surface area (Å²) in [7, 11) is 0. The van der Waals surface area contributed by atoms with Crippen molar-refractivity contribution in [2.75, 3.05) is 0 Å². The molecule has 0 saturated carbocycles. The Balaban J connectivity index is 0. The van der Waals surface area contributed by atoms with E-state index in [4.69, 9.17) is 4.21 Å². The van der Waals surface area contributed by atoms with Crippen LogP contribution in [0.5, 0.6) is 0 Å². The summed E-state index contributed by atoms with van der Waals surface area (Å²) in [5.74, 6) is 0. The summed E-state index contributed by atoms with van der Waals surface area (Å²) in [6.07, 6.45) is -11.2. The molecule has 2 nitrogen and oxygen atoms in total. The van der Waals surface area contributed by atoms with Crippen molar-refractivity contribution in [3.63, 3.8) is 0 Å². The first kappa shape index (κ1) is 14.9. The third-order valence-corrected chi connectivity index (χ3v) is 0.786. The Morgan fingerprint density at radius 1 is 1.09 bits per heavy atom. The molecule has 0 radical (unpaired) electrons. The molecule has 0 aliphatic heterocycles. The molecule has 0 aromatic rings. The van der Waals surface area contributed by atoms with E-state index in [1.54, 1.807) is 0 Å². The van der Waals surface area contributed by atoms with E-state index in [2.05, 4.69) is 4.18 Å². The number of halogens is 5. The van der Waals surface area contributed by atoms with Gasteiger partial charge in [-0.2, -0.15) is 22.0 Å². The zero-order valence-electron chi connectivity index (χ0n) is 4.15. The average molecular weight is 224 g/mol. The van der Waals surface area contributed by atoms with Gasteiger partial charge in [0, 0.05) is 0 Å². The topological polar surface area (TPSA) is 26.3 Å². The van der Waals surface area contributed by atoms with Gasteiger partial charge in [0.05, 0.1) is 0 Å². The van der Waals surface area contributed by atoms with Crippen molar-refractivity contribution in [1.29, 1.82) is 0 Å². The fourth-order valence-corrected chi connectivity index (χ4v) is 0.296. The maximum absolute atomic E-state index is 11.4. The molecule has 0 atom stereocenters. The Labute approximate surface area is 105 Å². The van der Waals surface area contributed by atoms with E-state index in [-0.39, 0.29) is 51.4 Å². The molecular weight excluding hydrogens is 222 g/mol. The molecular formula is C2H2F5KO2S. The van der Waals surface area contributed by atoms with Crippen LogP contribution in [-0.4, -0.2) is 67.9 Å². The van der Waals surface area contributed by atoms with E-state index in [0.717, 1.165) is 0 Å². The minimum atomic E-state index is -5.82. The van der Waals surface area contributed by atoms with Crippen LogP contribution >= 0.6 is 0 Å². The first-order valence-corrected chi connectivity index (χ1v) is 2.49. The minimum absolute atomic E-state index is 0. The Bertz CT molecular complexity index is 135. The zero-order valence-corrected chi connectivity index (χ0v) is 5.05. The molecule has 0 heterocycles. The molecule has 11 heavy (non-hydrogen) atoms. The molecule has 0 aromatic heterocycles. The van der Waals surface area contributed by atoms with Crippen LogP contribution < -0.4 is 0 Å². The number of alkyl halides is 5. The molecule has 0 N–H and O–H groups in total. The Morgan fingerprint density at radius 3 is 1.55 bits per heavy atom. The van der Waals surface area contributed by atoms with Crippen molar-refractivity contribution < 1.29 is 30.3 Å². The summed E-state index contributed by atoms with van der Waals surface area (Å²) in [5, 5.41) is 0. The maximum atomic E-state index is 11.4. The van der Waals surface area contributed by atoms with Gasteiger partial charge in [0.1, 0.15) is 11.9 Å². The van der Waals surface area contributed by atoms with Crippen molar-refractivity contribution in [3.05, 3.63) is 0 Å². The van der Waals surface area contributed by atoms with E-state index < -0.39 is 24.2 Å². The van der Waals surface area contributed by atoms with Gasteiger partial charge in [-0.1, -0.05) is 0 Å². The Morgan fingerprint density at radius 2 is 1.45 bits per heavy atom. The number of rotatable bonds is 2. The van der Waals surface area contributed by atoms with Crippen LogP contribution in [0.1, 0.15) is 0 Å². The molecule has 0 spiro atoms. The van der Waals surface area contributed by atoms with Crippen molar-refractivity contribution >= 4 is 63.3 Å². The second kappa shape index (κ2) is 5.20. The van der Waals surface area contributed by atoms with Crippen molar-refractivity contribution in [2.45, 2.75) is 12.3 Å². The van der Waals surface area contributed by atoms with Crippen LogP contribution in [-0.2, 0) is 16.1 Å². The van der Waals surface area contributed by atoms with E-state index in [1.165, 1.54) is 0 Å². The molecule has 0 amide bonds. The summed E-state index contributed by atoms with van der Waals surface area (Å²) in [5.41, 5.74) is 0. The normalized spacial score (nSPS) is 12.5. The molecule has 64 valence electrons. The second-order valence-corrected chi connectivity index (χ2v) is 1.51. The van der Waals surface area contributed by atoms with Gasteiger partial charge >= 0.3 is 63.7 Å². The van der Waals surface area contributed by atoms with E-state index in [1.807, 2.05) is 0 Å². The third-order valence-electron chi connectivity index (χ3n) is 0.482. The number of hydrogen-bond donors (Lipinski definition) is 1. The van der Waals surface area contributed by atoms with Crippen LogP contribution in [0, 0.1) is 0 Å². The molecule has 0 rings (SSSR count). The van der Waals surface area contributed by atoms with Crippen LogP contribution in [0.15, 0.2) is 0 Å². The van der Waals surface area contributed by atoms with Gasteiger partial charge in [-0.25, -0.2) is 8.39 Å². The molecule has 0 unspecified atom stereocenters. The molecule has 0 aliphatic rings. The van der Waals surface area contributed by atoms with E-state index in [9.17, 15) is 22.0 Å².